The van der Waals surface area contributed by atoms with Gasteiger partial charge in [0.15, 0.2) is 5.82 Å². The Morgan fingerprint density at radius 2 is 1.86 bits per heavy atom. The number of anilines is 1. The molecule has 0 spiro atoms. The maximum atomic E-state index is 5.59. The quantitative estimate of drug-likeness (QED) is 0.665. The van der Waals surface area contributed by atoms with E-state index >= 15 is 0 Å². The monoisotopic (exact) mass is 282 g/mol. The fraction of sp³-hybridized carbons (Fsp3) is 0.412. The van der Waals surface area contributed by atoms with E-state index < -0.39 is 0 Å². The molecule has 0 saturated heterocycles. The highest BCUT2D eigenvalue weighted by atomic mass is 15.3. The summed E-state index contributed by atoms with van der Waals surface area (Å²) in [4.78, 5) is 9.38. The third kappa shape index (κ3) is 2.90. The summed E-state index contributed by atoms with van der Waals surface area (Å²) >= 11 is 0. The van der Waals surface area contributed by atoms with Crippen molar-refractivity contribution in [3.63, 3.8) is 0 Å². The van der Waals surface area contributed by atoms with Crippen LogP contribution in [0, 0.1) is 13.8 Å². The lowest BCUT2D eigenvalue weighted by atomic mass is 10.0. The second-order valence-electron chi connectivity index (χ2n) is 5.95. The van der Waals surface area contributed by atoms with Crippen LogP contribution in [0.5, 0.6) is 0 Å². The molecule has 110 valence electrons. The van der Waals surface area contributed by atoms with E-state index in [9.17, 15) is 0 Å². The second-order valence-corrected chi connectivity index (χ2v) is 5.95. The van der Waals surface area contributed by atoms with Crippen molar-refractivity contribution in [1.29, 1.82) is 0 Å². The minimum Gasteiger partial charge on any atom is -0.308 e. The fourth-order valence-corrected chi connectivity index (χ4v) is 3.07. The number of hydrogen-bond donors (Lipinski definition) is 2. The third-order valence-corrected chi connectivity index (χ3v) is 4.30. The summed E-state index contributed by atoms with van der Waals surface area (Å²) in [6.45, 7) is 4.18. The van der Waals surface area contributed by atoms with E-state index in [2.05, 4.69) is 42.5 Å². The van der Waals surface area contributed by atoms with Gasteiger partial charge in [0, 0.05) is 23.2 Å². The van der Waals surface area contributed by atoms with Gasteiger partial charge in [0.1, 0.15) is 5.82 Å². The van der Waals surface area contributed by atoms with Crippen molar-refractivity contribution >= 4 is 5.82 Å². The largest absolute Gasteiger partial charge is 0.308 e. The zero-order valence-electron chi connectivity index (χ0n) is 12.7. The fourth-order valence-electron chi connectivity index (χ4n) is 3.07. The number of nitrogens with zero attached hydrogens (tertiary/aromatic N) is 2. The molecule has 1 aromatic carbocycles. The molecule has 3 N–H and O–H groups in total. The minimum absolute atomic E-state index is 0.545. The van der Waals surface area contributed by atoms with Crippen molar-refractivity contribution in [2.45, 2.75) is 45.4 Å². The molecular weight excluding hydrogens is 260 g/mol. The van der Waals surface area contributed by atoms with Crippen LogP contribution in [-0.4, -0.2) is 9.97 Å². The highest BCUT2D eigenvalue weighted by molar-refractivity contribution is 5.62. The first-order valence-electron chi connectivity index (χ1n) is 7.60. The first-order valence-corrected chi connectivity index (χ1v) is 7.60. The number of nitrogens with one attached hydrogen (secondary N) is 1. The smallest absolute Gasteiger partial charge is 0.162 e. The minimum atomic E-state index is 0.545. The molecule has 1 fully saturated rings. The molecule has 0 unspecified atom stereocenters. The molecule has 3 rings (SSSR count). The summed E-state index contributed by atoms with van der Waals surface area (Å²) in [6.07, 6.45) is 5.01. The molecule has 1 aromatic heterocycles. The average Bonchev–Trinajstić information content (AvgIpc) is 3.03. The summed E-state index contributed by atoms with van der Waals surface area (Å²) in [7, 11) is 0. The molecular formula is C17H22N4. The maximum absolute atomic E-state index is 5.59. The third-order valence-electron chi connectivity index (χ3n) is 4.30. The Balaban J connectivity index is 2.08. The van der Waals surface area contributed by atoms with Crippen LogP contribution < -0.4 is 11.3 Å². The highest BCUT2D eigenvalue weighted by Gasteiger charge is 2.20. The van der Waals surface area contributed by atoms with Gasteiger partial charge < -0.3 is 5.43 Å². The molecule has 0 bridgehead atoms. The first kappa shape index (κ1) is 14.0. The van der Waals surface area contributed by atoms with Crippen LogP contribution in [0.15, 0.2) is 24.3 Å². The van der Waals surface area contributed by atoms with Gasteiger partial charge in [-0.05, 0) is 38.3 Å². The van der Waals surface area contributed by atoms with Crippen molar-refractivity contribution in [2.75, 3.05) is 5.43 Å². The first-order chi connectivity index (χ1) is 10.2. The number of nitrogen functional groups attached to an aromatic ring is 1. The molecule has 0 atom stereocenters. The standard InChI is InChI=1S/C17H22N4/c1-11-7-8-12(2)14(9-11)17-19-15(10-16(20-17)21-18)13-5-3-4-6-13/h7-10,13H,3-6,18H2,1-2H3,(H,19,20,21). The SMILES string of the molecule is Cc1ccc(C)c(-c2nc(NN)cc(C3CCCC3)n2)c1. The van der Waals surface area contributed by atoms with Crippen LogP contribution in [-0.2, 0) is 0 Å². The summed E-state index contributed by atoms with van der Waals surface area (Å²) in [5, 5.41) is 0. The van der Waals surface area contributed by atoms with Gasteiger partial charge in [-0.25, -0.2) is 15.8 Å². The Kier molecular flexibility index (Phi) is 3.88. The molecule has 4 heteroatoms. The Morgan fingerprint density at radius 3 is 2.57 bits per heavy atom. The Bertz CT molecular complexity index is 645. The predicted molar refractivity (Wildman–Crippen MR) is 86.0 cm³/mol. The van der Waals surface area contributed by atoms with Gasteiger partial charge in [-0.1, -0.05) is 30.5 Å². The van der Waals surface area contributed by atoms with Crippen LogP contribution in [0.25, 0.3) is 11.4 Å². The Morgan fingerprint density at radius 1 is 1.10 bits per heavy atom. The number of rotatable bonds is 3. The molecule has 1 saturated carbocycles. The van der Waals surface area contributed by atoms with Crippen molar-refractivity contribution in [3.05, 3.63) is 41.1 Å². The van der Waals surface area contributed by atoms with Crippen molar-refractivity contribution in [2.24, 2.45) is 5.84 Å². The van der Waals surface area contributed by atoms with Gasteiger partial charge in [0.2, 0.25) is 0 Å². The number of hydrogen-bond acceptors (Lipinski definition) is 4. The average molecular weight is 282 g/mol. The van der Waals surface area contributed by atoms with Crippen molar-refractivity contribution in [3.8, 4) is 11.4 Å². The van der Waals surface area contributed by atoms with Gasteiger partial charge in [-0.2, -0.15) is 0 Å². The zero-order valence-corrected chi connectivity index (χ0v) is 12.7. The number of aryl methyl sites for hydroxylation is 2. The van der Waals surface area contributed by atoms with E-state index in [0.29, 0.717) is 11.7 Å². The van der Waals surface area contributed by atoms with E-state index in [1.54, 1.807) is 0 Å². The van der Waals surface area contributed by atoms with Gasteiger partial charge >= 0.3 is 0 Å². The molecule has 21 heavy (non-hydrogen) atoms. The van der Waals surface area contributed by atoms with Crippen molar-refractivity contribution < 1.29 is 0 Å². The van der Waals surface area contributed by atoms with E-state index in [0.717, 1.165) is 17.1 Å². The number of benzene rings is 1. The molecule has 1 aliphatic carbocycles. The van der Waals surface area contributed by atoms with Gasteiger partial charge in [-0.3, -0.25) is 0 Å². The number of nitrogens with two attached hydrogens (primary N) is 1. The summed E-state index contributed by atoms with van der Waals surface area (Å²) in [6, 6.07) is 8.36. The molecule has 1 aliphatic rings. The van der Waals surface area contributed by atoms with Gasteiger partial charge in [0.05, 0.1) is 0 Å². The normalized spacial score (nSPS) is 15.4. The highest BCUT2D eigenvalue weighted by Crippen LogP contribution is 2.35. The van der Waals surface area contributed by atoms with Crippen LogP contribution in [0.1, 0.15) is 48.4 Å². The molecule has 2 aromatic rings. The maximum Gasteiger partial charge on any atom is 0.162 e. The van der Waals surface area contributed by atoms with Gasteiger partial charge in [-0.15, -0.1) is 0 Å². The van der Waals surface area contributed by atoms with E-state index in [1.165, 1.54) is 36.8 Å². The summed E-state index contributed by atoms with van der Waals surface area (Å²) in [5.74, 6) is 7.61. The summed E-state index contributed by atoms with van der Waals surface area (Å²) in [5.41, 5.74) is 7.29. The Labute approximate surface area is 125 Å². The lowest BCUT2D eigenvalue weighted by molar-refractivity contribution is 0.695. The Hall–Kier alpha value is -1.94. The van der Waals surface area contributed by atoms with Crippen molar-refractivity contribution in [1.82, 2.24) is 9.97 Å². The topological polar surface area (TPSA) is 63.8 Å². The second kappa shape index (κ2) is 5.82. The lowest BCUT2D eigenvalue weighted by Gasteiger charge is -2.13. The molecule has 0 radical (unpaired) electrons. The van der Waals surface area contributed by atoms with E-state index in [1.807, 2.05) is 6.07 Å². The van der Waals surface area contributed by atoms with Gasteiger partial charge in [0.25, 0.3) is 0 Å². The molecule has 1 heterocycles. The van der Waals surface area contributed by atoms with Crippen LogP contribution in [0.3, 0.4) is 0 Å². The van der Waals surface area contributed by atoms with Crippen LogP contribution in [0.2, 0.25) is 0 Å². The van der Waals surface area contributed by atoms with Crippen LogP contribution >= 0.6 is 0 Å². The lowest BCUT2D eigenvalue weighted by Crippen LogP contribution is -2.11. The van der Waals surface area contributed by atoms with E-state index in [-0.39, 0.29) is 0 Å². The number of aromatic nitrogens is 2. The van der Waals surface area contributed by atoms with E-state index in [4.69, 9.17) is 10.8 Å². The molecule has 0 aliphatic heterocycles. The number of hydrazine groups is 1. The van der Waals surface area contributed by atoms with Crippen LogP contribution in [0.4, 0.5) is 5.82 Å². The summed E-state index contributed by atoms with van der Waals surface area (Å²) < 4.78 is 0. The zero-order chi connectivity index (χ0) is 14.8. The molecule has 4 nitrogen and oxygen atoms in total. The predicted octanol–water partition coefficient (Wildman–Crippen LogP) is 3.70. The molecule has 0 amide bonds.